The predicted molar refractivity (Wildman–Crippen MR) is 38.5 cm³/mol. The lowest BCUT2D eigenvalue weighted by Gasteiger charge is -1.88. The van der Waals surface area contributed by atoms with Gasteiger partial charge in [-0.3, -0.25) is 4.68 Å². The summed E-state index contributed by atoms with van der Waals surface area (Å²) in [5.41, 5.74) is 6.81. The molecule has 10 heavy (non-hydrogen) atoms. The highest BCUT2D eigenvalue weighted by Crippen LogP contribution is 2.37. The summed E-state index contributed by atoms with van der Waals surface area (Å²) in [7, 11) is 1.93. The quantitative estimate of drug-likeness (QED) is 0.602. The Morgan fingerprint density at radius 3 is 2.90 bits per heavy atom. The number of nitrogens with zero attached hydrogens (tertiary/aromatic N) is 2. The van der Waals surface area contributed by atoms with E-state index in [1.54, 1.807) is 0 Å². The van der Waals surface area contributed by atoms with Gasteiger partial charge in [0.1, 0.15) is 0 Å². The van der Waals surface area contributed by atoms with E-state index in [9.17, 15) is 0 Å². The Hall–Kier alpha value is -0.830. The smallest absolute Gasteiger partial charge is 0.0671 e. The van der Waals surface area contributed by atoms with Gasteiger partial charge < -0.3 is 5.73 Å². The average Bonchev–Trinajstić information content (AvgIpc) is 2.42. The molecule has 1 saturated carbocycles. The third kappa shape index (κ3) is 0.827. The van der Waals surface area contributed by atoms with Crippen molar-refractivity contribution in [1.29, 1.82) is 0 Å². The third-order valence-corrected chi connectivity index (χ3v) is 1.95. The van der Waals surface area contributed by atoms with E-state index in [-0.39, 0.29) is 0 Å². The van der Waals surface area contributed by atoms with E-state index < -0.39 is 0 Å². The molecule has 3 nitrogen and oxygen atoms in total. The van der Waals surface area contributed by atoms with E-state index in [0.717, 1.165) is 12.1 Å². The largest absolute Gasteiger partial charge is 0.327 e. The second-order valence-corrected chi connectivity index (χ2v) is 2.92. The lowest BCUT2D eigenvalue weighted by molar-refractivity contribution is 0.740. The summed E-state index contributed by atoms with van der Waals surface area (Å²) in [5.74, 6) is 0.543. The fourth-order valence-electron chi connectivity index (χ4n) is 1.19. The van der Waals surface area contributed by atoms with Crippen molar-refractivity contribution >= 4 is 0 Å². The van der Waals surface area contributed by atoms with Crippen LogP contribution < -0.4 is 5.73 Å². The molecule has 3 heteroatoms. The minimum Gasteiger partial charge on any atom is -0.327 e. The first kappa shape index (κ1) is 5.92. The summed E-state index contributed by atoms with van der Waals surface area (Å²) >= 11 is 0. The molecule has 0 aromatic carbocycles. The molecule has 0 saturated heterocycles. The first-order valence-corrected chi connectivity index (χ1v) is 3.52. The number of rotatable bonds is 1. The first-order valence-electron chi connectivity index (χ1n) is 3.52. The molecule has 1 aliphatic carbocycles. The van der Waals surface area contributed by atoms with Gasteiger partial charge in [-0.15, -0.1) is 0 Å². The third-order valence-electron chi connectivity index (χ3n) is 1.95. The average molecular weight is 137 g/mol. The van der Waals surface area contributed by atoms with Crippen LogP contribution in [0, 0.1) is 0 Å². The molecule has 0 spiro atoms. The lowest BCUT2D eigenvalue weighted by Crippen LogP contribution is -2.01. The summed E-state index contributed by atoms with van der Waals surface area (Å²) in [5, 5.41) is 4.26. The Labute approximate surface area is 59.8 Å². The summed E-state index contributed by atoms with van der Waals surface area (Å²) in [6, 6.07) is 2.41. The molecule has 0 unspecified atom stereocenters. The molecule has 2 N–H and O–H groups in total. The Balaban J connectivity index is 2.20. The first-order chi connectivity index (χ1) is 4.77. The standard InChI is InChI=1S/C7H11N3/c1-10-3-2-7(9-10)5-4-6(5)8/h2-3,5-6H,4,8H2,1H3/t5-,6+/m1/s1. The van der Waals surface area contributed by atoms with Crippen molar-refractivity contribution in [2.45, 2.75) is 18.4 Å². The number of aromatic nitrogens is 2. The van der Waals surface area contributed by atoms with Crippen LogP contribution in [0.3, 0.4) is 0 Å². The van der Waals surface area contributed by atoms with Crippen LogP contribution in [0.25, 0.3) is 0 Å². The van der Waals surface area contributed by atoms with Crippen LogP contribution in [0.5, 0.6) is 0 Å². The summed E-state index contributed by atoms with van der Waals surface area (Å²) in [6.45, 7) is 0. The van der Waals surface area contributed by atoms with Crippen LogP contribution in [-0.2, 0) is 7.05 Å². The monoisotopic (exact) mass is 137 g/mol. The highest BCUT2D eigenvalue weighted by atomic mass is 15.3. The Kier molecular flexibility index (Phi) is 1.08. The maximum absolute atomic E-state index is 5.66. The number of nitrogens with two attached hydrogens (primary N) is 1. The molecule has 1 fully saturated rings. The van der Waals surface area contributed by atoms with E-state index in [1.807, 2.05) is 24.0 Å². The van der Waals surface area contributed by atoms with E-state index in [0.29, 0.717) is 12.0 Å². The number of hydrogen-bond donors (Lipinski definition) is 1. The van der Waals surface area contributed by atoms with Crippen molar-refractivity contribution in [1.82, 2.24) is 9.78 Å². The van der Waals surface area contributed by atoms with Gasteiger partial charge in [0.05, 0.1) is 5.69 Å². The van der Waals surface area contributed by atoms with Crippen molar-refractivity contribution in [3.63, 3.8) is 0 Å². The fraction of sp³-hybridized carbons (Fsp3) is 0.571. The van der Waals surface area contributed by atoms with Gasteiger partial charge in [0.2, 0.25) is 0 Å². The zero-order valence-electron chi connectivity index (χ0n) is 5.99. The SMILES string of the molecule is Cn1ccc([C@@H]2C[C@@H]2N)n1. The highest BCUT2D eigenvalue weighted by molar-refractivity contribution is 5.18. The van der Waals surface area contributed by atoms with Gasteiger partial charge >= 0.3 is 0 Å². The van der Waals surface area contributed by atoms with Gasteiger partial charge in [-0.25, -0.2) is 0 Å². The van der Waals surface area contributed by atoms with Crippen LogP contribution in [0.1, 0.15) is 18.0 Å². The normalized spacial score (nSPS) is 30.6. The summed E-state index contributed by atoms with van der Waals surface area (Å²) < 4.78 is 1.82. The van der Waals surface area contributed by atoms with Gasteiger partial charge in [0.15, 0.2) is 0 Å². The molecule has 1 aliphatic rings. The summed E-state index contributed by atoms with van der Waals surface area (Å²) in [4.78, 5) is 0. The van der Waals surface area contributed by atoms with Gasteiger partial charge in [-0.2, -0.15) is 5.10 Å². The van der Waals surface area contributed by atoms with Crippen molar-refractivity contribution in [2.24, 2.45) is 12.8 Å². The minimum absolute atomic E-state index is 0.370. The van der Waals surface area contributed by atoms with E-state index in [4.69, 9.17) is 5.73 Å². The second kappa shape index (κ2) is 1.83. The fourth-order valence-corrected chi connectivity index (χ4v) is 1.19. The minimum atomic E-state index is 0.370. The number of hydrogen-bond acceptors (Lipinski definition) is 2. The predicted octanol–water partition coefficient (Wildman–Crippen LogP) is 0.235. The van der Waals surface area contributed by atoms with Gasteiger partial charge in [-0.05, 0) is 12.5 Å². The maximum atomic E-state index is 5.66. The van der Waals surface area contributed by atoms with Gasteiger partial charge in [-0.1, -0.05) is 0 Å². The van der Waals surface area contributed by atoms with Crippen molar-refractivity contribution < 1.29 is 0 Å². The van der Waals surface area contributed by atoms with Gasteiger partial charge in [0, 0.05) is 25.2 Å². The molecule has 54 valence electrons. The molecule has 1 aromatic heterocycles. The number of aryl methyl sites for hydroxylation is 1. The molecule has 0 bridgehead atoms. The maximum Gasteiger partial charge on any atom is 0.0671 e. The Bertz CT molecular complexity index is 241. The van der Waals surface area contributed by atoms with E-state index in [2.05, 4.69) is 5.10 Å². The molecule has 0 aliphatic heterocycles. The molecule has 2 atom stereocenters. The van der Waals surface area contributed by atoms with Crippen LogP contribution >= 0.6 is 0 Å². The highest BCUT2D eigenvalue weighted by Gasteiger charge is 2.36. The van der Waals surface area contributed by atoms with Crippen LogP contribution in [0.4, 0.5) is 0 Å². The molecule has 0 radical (unpaired) electrons. The lowest BCUT2D eigenvalue weighted by atomic mass is 10.3. The van der Waals surface area contributed by atoms with Crippen LogP contribution in [0.15, 0.2) is 12.3 Å². The Morgan fingerprint density at radius 2 is 2.50 bits per heavy atom. The molecular formula is C7H11N3. The molecule has 1 aromatic rings. The van der Waals surface area contributed by atoms with Crippen molar-refractivity contribution in [3.05, 3.63) is 18.0 Å². The molecule has 0 amide bonds. The topological polar surface area (TPSA) is 43.8 Å². The van der Waals surface area contributed by atoms with Crippen LogP contribution in [0.2, 0.25) is 0 Å². The van der Waals surface area contributed by atoms with E-state index in [1.165, 1.54) is 0 Å². The zero-order chi connectivity index (χ0) is 7.14. The molecular weight excluding hydrogens is 126 g/mol. The van der Waals surface area contributed by atoms with Gasteiger partial charge in [0.25, 0.3) is 0 Å². The molecule has 1 heterocycles. The molecule has 2 rings (SSSR count). The van der Waals surface area contributed by atoms with Crippen molar-refractivity contribution in [2.75, 3.05) is 0 Å². The van der Waals surface area contributed by atoms with Crippen LogP contribution in [-0.4, -0.2) is 15.8 Å². The Morgan fingerprint density at radius 1 is 1.80 bits per heavy atom. The zero-order valence-corrected chi connectivity index (χ0v) is 5.99. The van der Waals surface area contributed by atoms with Crippen molar-refractivity contribution in [3.8, 4) is 0 Å². The second-order valence-electron chi connectivity index (χ2n) is 2.92. The van der Waals surface area contributed by atoms with E-state index >= 15 is 0 Å². The summed E-state index contributed by atoms with van der Waals surface area (Å²) in [6.07, 6.45) is 3.07.